The molecular formula is C18H23F2N3OS. The summed E-state index contributed by atoms with van der Waals surface area (Å²) in [5.74, 6) is -1.92. The number of likely N-dealkylation sites (N-methyl/N-ethyl adjacent to an activating group) is 1. The van der Waals surface area contributed by atoms with Crippen molar-refractivity contribution in [1.29, 1.82) is 0 Å². The Morgan fingerprint density at radius 1 is 1.12 bits per heavy atom. The Morgan fingerprint density at radius 3 is 2.48 bits per heavy atom. The SMILES string of the molecule is CCN(CC)CCN(Cc1cccs1)C(=O)Nc1ccc(F)c(F)c1. The summed E-state index contributed by atoms with van der Waals surface area (Å²) in [5, 5.41) is 4.61. The zero-order chi connectivity index (χ0) is 18.2. The number of hydrogen-bond donors (Lipinski definition) is 1. The summed E-state index contributed by atoms with van der Waals surface area (Å²) in [6.07, 6.45) is 0. The van der Waals surface area contributed by atoms with Crippen LogP contribution < -0.4 is 5.32 Å². The molecule has 0 spiro atoms. The monoisotopic (exact) mass is 367 g/mol. The predicted octanol–water partition coefficient (Wildman–Crippen LogP) is 4.40. The number of urea groups is 1. The summed E-state index contributed by atoms with van der Waals surface area (Å²) in [4.78, 5) is 17.6. The molecule has 0 bridgehead atoms. The summed E-state index contributed by atoms with van der Waals surface area (Å²) in [6.45, 7) is 7.76. The first-order chi connectivity index (χ1) is 12.0. The number of nitrogens with zero attached hydrogens (tertiary/aromatic N) is 2. The lowest BCUT2D eigenvalue weighted by molar-refractivity contribution is 0.195. The van der Waals surface area contributed by atoms with Crippen LogP contribution in [0.4, 0.5) is 19.3 Å². The fourth-order valence-corrected chi connectivity index (χ4v) is 3.14. The van der Waals surface area contributed by atoms with Gasteiger partial charge in [0.1, 0.15) is 0 Å². The summed E-state index contributed by atoms with van der Waals surface area (Å²) in [5.41, 5.74) is 0.239. The molecule has 1 aromatic heterocycles. The molecule has 1 heterocycles. The number of carbonyl (C=O) groups excluding carboxylic acids is 1. The Bertz CT molecular complexity index is 675. The second kappa shape index (κ2) is 9.48. The van der Waals surface area contributed by atoms with Gasteiger partial charge >= 0.3 is 6.03 Å². The maximum atomic E-state index is 13.3. The van der Waals surface area contributed by atoms with E-state index in [9.17, 15) is 13.6 Å². The van der Waals surface area contributed by atoms with Crippen molar-refractivity contribution in [2.45, 2.75) is 20.4 Å². The van der Waals surface area contributed by atoms with Crippen LogP contribution in [0, 0.1) is 11.6 Å². The molecule has 0 saturated carbocycles. The van der Waals surface area contributed by atoms with E-state index in [1.165, 1.54) is 6.07 Å². The van der Waals surface area contributed by atoms with Gasteiger partial charge in [-0.1, -0.05) is 19.9 Å². The van der Waals surface area contributed by atoms with Crippen LogP contribution >= 0.6 is 11.3 Å². The number of hydrogen-bond acceptors (Lipinski definition) is 3. The van der Waals surface area contributed by atoms with E-state index in [0.717, 1.165) is 36.6 Å². The molecule has 0 atom stereocenters. The van der Waals surface area contributed by atoms with Crippen LogP contribution in [-0.4, -0.2) is 42.0 Å². The molecule has 7 heteroatoms. The number of nitrogens with one attached hydrogen (secondary N) is 1. The van der Waals surface area contributed by atoms with Gasteiger partial charge in [-0.2, -0.15) is 0 Å². The minimum Gasteiger partial charge on any atom is -0.318 e. The van der Waals surface area contributed by atoms with Crippen LogP contribution in [0.25, 0.3) is 0 Å². The lowest BCUT2D eigenvalue weighted by Crippen LogP contribution is -2.40. The van der Waals surface area contributed by atoms with E-state index in [0.29, 0.717) is 13.1 Å². The Labute approximate surface area is 151 Å². The molecule has 0 unspecified atom stereocenters. The molecule has 0 saturated heterocycles. The Kier molecular flexibility index (Phi) is 7.33. The fraction of sp³-hybridized carbons (Fsp3) is 0.389. The van der Waals surface area contributed by atoms with E-state index in [-0.39, 0.29) is 11.7 Å². The third-order valence-corrected chi connectivity index (χ3v) is 4.83. The minimum atomic E-state index is -0.981. The minimum absolute atomic E-state index is 0.239. The lowest BCUT2D eigenvalue weighted by Gasteiger charge is -2.26. The number of halogens is 2. The highest BCUT2D eigenvalue weighted by Crippen LogP contribution is 2.16. The van der Waals surface area contributed by atoms with Crippen molar-refractivity contribution in [2.24, 2.45) is 0 Å². The quantitative estimate of drug-likeness (QED) is 0.750. The summed E-state index contributed by atoms with van der Waals surface area (Å²) < 4.78 is 26.4. The van der Waals surface area contributed by atoms with E-state index >= 15 is 0 Å². The second-order valence-electron chi connectivity index (χ2n) is 5.59. The highest BCUT2D eigenvalue weighted by molar-refractivity contribution is 7.09. The van der Waals surface area contributed by atoms with Gasteiger partial charge < -0.3 is 15.1 Å². The van der Waals surface area contributed by atoms with Crippen LogP contribution in [0.2, 0.25) is 0 Å². The topological polar surface area (TPSA) is 35.6 Å². The van der Waals surface area contributed by atoms with Crippen LogP contribution in [0.15, 0.2) is 35.7 Å². The third-order valence-electron chi connectivity index (χ3n) is 3.97. The van der Waals surface area contributed by atoms with Gasteiger partial charge in [0.15, 0.2) is 11.6 Å². The molecule has 1 aromatic carbocycles. The van der Waals surface area contributed by atoms with Gasteiger partial charge in [-0.25, -0.2) is 13.6 Å². The molecule has 25 heavy (non-hydrogen) atoms. The van der Waals surface area contributed by atoms with Crippen LogP contribution in [-0.2, 0) is 6.54 Å². The fourth-order valence-electron chi connectivity index (χ4n) is 2.42. The normalized spacial score (nSPS) is 10.9. The third kappa shape index (κ3) is 5.79. The van der Waals surface area contributed by atoms with Crippen molar-refractivity contribution >= 4 is 23.1 Å². The molecule has 0 radical (unpaired) electrons. The van der Waals surface area contributed by atoms with Gasteiger partial charge in [-0.05, 0) is 36.7 Å². The van der Waals surface area contributed by atoms with E-state index in [2.05, 4.69) is 24.1 Å². The zero-order valence-corrected chi connectivity index (χ0v) is 15.3. The number of benzene rings is 1. The highest BCUT2D eigenvalue weighted by atomic mass is 32.1. The average molecular weight is 367 g/mol. The van der Waals surface area contributed by atoms with Crippen molar-refractivity contribution in [1.82, 2.24) is 9.80 Å². The Balaban J connectivity index is 2.06. The van der Waals surface area contributed by atoms with Gasteiger partial charge in [-0.15, -0.1) is 11.3 Å². The van der Waals surface area contributed by atoms with Crippen molar-refractivity contribution < 1.29 is 13.6 Å². The van der Waals surface area contributed by atoms with Gasteiger partial charge in [0.05, 0.1) is 6.54 Å². The molecule has 0 aliphatic rings. The zero-order valence-electron chi connectivity index (χ0n) is 14.5. The van der Waals surface area contributed by atoms with Gasteiger partial charge in [0, 0.05) is 29.7 Å². The van der Waals surface area contributed by atoms with E-state index in [4.69, 9.17) is 0 Å². The molecule has 2 amide bonds. The van der Waals surface area contributed by atoms with Gasteiger partial charge in [0.25, 0.3) is 0 Å². The van der Waals surface area contributed by atoms with Crippen LogP contribution in [0.3, 0.4) is 0 Å². The first-order valence-electron chi connectivity index (χ1n) is 8.29. The Morgan fingerprint density at radius 2 is 1.88 bits per heavy atom. The van der Waals surface area contributed by atoms with Crippen molar-refractivity contribution in [3.8, 4) is 0 Å². The molecule has 2 aromatic rings. The number of thiophene rings is 1. The Hall–Kier alpha value is -1.99. The standard InChI is InChI=1S/C18H23F2N3OS/c1-3-22(4-2)9-10-23(13-15-6-5-11-25-15)18(24)21-14-7-8-16(19)17(20)12-14/h5-8,11-12H,3-4,9-10,13H2,1-2H3,(H,21,24). The lowest BCUT2D eigenvalue weighted by atomic mass is 10.3. The summed E-state index contributed by atoms with van der Waals surface area (Å²) in [6, 6.07) is 6.93. The van der Waals surface area contributed by atoms with Crippen LogP contribution in [0.1, 0.15) is 18.7 Å². The molecule has 136 valence electrons. The predicted molar refractivity (Wildman–Crippen MR) is 97.9 cm³/mol. The van der Waals surface area contributed by atoms with E-state index in [1.807, 2.05) is 17.5 Å². The smallest absolute Gasteiger partial charge is 0.318 e. The number of anilines is 1. The number of rotatable bonds is 8. The van der Waals surface area contributed by atoms with E-state index in [1.54, 1.807) is 16.2 Å². The second-order valence-corrected chi connectivity index (χ2v) is 6.62. The summed E-state index contributed by atoms with van der Waals surface area (Å²) in [7, 11) is 0. The van der Waals surface area contributed by atoms with Gasteiger partial charge in [0.2, 0.25) is 0 Å². The van der Waals surface area contributed by atoms with Gasteiger partial charge in [-0.3, -0.25) is 0 Å². The average Bonchev–Trinajstić information content (AvgIpc) is 3.11. The van der Waals surface area contributed by atoms with Crippen LogP contribution in [0.5, 0.6) is 0 Å². The molecule has 4 nitrogen and oxygen atoms in total. The van der Waals surface area contributed by atoms with Crippen molar-refractivity contribution in [3.05, 3.63) is 52.2 Å². The molecule has 2 rings (SSSR count). The molecule has 0 fully saturated rings. The summed E-state index contributed by atoms with van der Waals surface area (Å²) >= 11 is 1.58. The van der Waals surface area contributed by atoms with E-state index < -0.39 is 11.6 Å². The molecule has 0 aliphatic heterocycles. The maximum absolute atomic E-state index is 13.3. The molecular weight excluding hydrogens is 344 g/mol. The first-order valence-corrected chi connectivity index (χ1v) is 9.17. The number of amides is 2. The van der Waals surface area contributed by atoms with Crippen molar-refractivity contribution in [2.75, 3.05) is 31.5 Å². The largest absolute Gasteiger partial charge is 0.322 e. The molecule has 0 aliphatic carbocycles. The first kappa shape index (κ1) is 19.3. The molecule has 1 N–H and O–H groups in total. The van der Waals surface area contributed by atoms with Crippen molar-refractivity contribution in [3.63, 3.8) is 0 Å². The number of carbonyl (C=O) groups is 1. The maximum Gasteiger partial charge on any atom is 0.322 e. The highest BCUT2D eigenvalue weighted by Gasteiger charge is 2.16.